The zero-order valence-electron chi connectivity index (χ0n) is 15.6. The van der Waals surface area contributed by atoms with Gasteiger partial charge in [0.05, 0.1) is 16.8 Å². The van der Waals surface area contributed by atoms with E-state index in [4.69, 9.17) is 0 Å². The van der Waals surface area contributed by atoms with Crippen molar-refractivity contribution in [3.63, 3.8) is 0 Å². The first-order valence-electron chi connectivity index (χ1n) is 8.68. The van der Waals surface area contributed by atoms with E-state index in [9.17, 15) is 13.2 Å². The Hall–Kier alpha value is -1.89. The predicted octanol–water partition coefficient (Wildman–Crippen LogP) is 2.87. The number of amides is 1. The Morgan fingerprint density at radius 2 is 1.76 bits per heavy atom. The van der Waals surface area contributed by atoms with Crippen molar-refractivity contribution in [3.05, 3.63) is 24.3 Å². The minimum atomic E-state index is -3.53. The van der Waals surface area contributed by atoms with Crippen LogP contribution < -0.4 is 0 Å². The van der Waals surface area contributed by atoms with E-state index in [0.29, 0.717) is 17.5 Å². The molecule has 25 heavy (non-hydrogen) atoms. The SMILES string of the molecule is CCCS(=O)(=O)c1nc2ccccc2n1CC(=O)N(C(C)C)C(C)C. The van der Waals surface area contributed by atoms with Crippen molar-refractivity contribution in [2.75, 3.05) is 5.75 Å². The number of para-hydroxylation sites is 2. The normalized spacial score (nSPS) is 12.3. The highest BCUT2D eigenvalue weighted by atomic mass is 32.2. The molecule has 0 bridgehead atoms. The minimum Gasteiger partial charge on any atom is -0.336 e. The largest absolute Gasteiger partial charge is 0.336 e. The molecule has 0 atom stereocenters. The number of hydrogen-bond acceptors (Lipinski definition) is 4. The first-order chi connectivity index (χ1) is 11.7. The Morgan fingerprint density at radius 1 is 1.16 bits per heavy atom. The van der Waals surface area contributed by atoms with Crippen LogP contribution in [0.4, 0.5) is 0 Å². The lowest BCUT2D eigenvalue weighted by Gasteiger charge is -2.31. The molecule has 1 aromatic carbocycles. The first-order valence-corrected chi connectivity index (χ1v) is 10.3. The second kappa shape index (κ2) is 7.56. The van der Waals surface area contributed by atoms with Gasteiger partial charge in [-0.25, -0.2) is 13.4 Å². The molecular weight excluding hydrogens is 338 g/mol. The lowest BCUT2D eigenvalue weighted by molar-refractivity contribution is -0.135. The van der Waals surface area contributed by atoms with Gasteiger partial charge in [-0.05, 0) is 46.2 Å². The van der Waals surface area contributed by atoms with Crippen LogP contribution in [0.5, 0.6) is 0 Å². The number of benzene rings is 1. The smallest absolute Gasteiger partial charge is 0.243 e. The number of fused-ring (bicyclic) bond motifs is 1. The van der Waals surface area contributed by atoms with E-state index in [1.807, 2.05) is 46.8 Å². The van der Waals surface area contributed by atoms with Crippen LogP contribution in [0.1, 0.15) is 41.0 Å². The molecular formula is C18H27N3O3S. The Kier molecular flexibility index (Phi) is 5.87. The number of imidazole rings is 1. The van der Waals surface area contributed by atoms with Crippen LogP contribution in [0.15, 0.2) is 29.4 Å². The van der Waals surface area contributed by atoms with Crippen LogP contribution in [0.25, 0.3) is 11.0 Å². The monoisotopic (exact) mass is 365 g/mol. The molecule has 1 aromatic heterocycles. The summed E-state index contributed by atoms with van der Waals surface area (Å²) in [5.41, 5.74) is 1.25. The fourth-order valence-corrected chi connectivity index (χ4v) is 4.65. The van der Waals surface area contributed by atoms with Gasteiger partial charge in [-0.1, -0.05) is 19.1 Å². The van der Waals surface area contributed by atoms with Gasteiger partial charge >= 0.3 is 0 Å². The molecule has 1 amide bonds. The van der Waals surface area contributed by atoms with Crippen LogP contribution in [-0.4, -0.2) is 46.6 Å². The number of nitrogens with zero attached hydrogens (tertiary/aromatic N) is 3. The number of aromatic nitrogens is 2. The molecule has 0 saturated carbocycles. The van der Waals surface area contributed by atoms with Crippen molar-refractivity contribution in [2.24, 2.45) is 0 Å². The molecule has 0 aliphatic heterocycles. The van der Waals surface area contributed by atoms with E-state index in [2.05, 4.69) is 4.98 Å². The summed E-state index contributed by atoms with van der Waals surface area (Å²) in [6, 6.07) is 7.28. The first kappa shape index (κ1) is 19.4. The third kappa shape index (κ3) is 4.03. The average molecular weight is 365 g/mol. The van der Waals surface area contributed by atoms with Crippen molar-refractivity contribution in [1.29, 1.82) is 0 Å². The number of carbonyl (C=O) groups excluding carboxylic acids is 1. The quantitative estimate of drug-likeness (QED) is 0.756. The van der Waals surface area contributed by atoms with Gasteiger partial charge in [0.15, 0.2) is 0 Å². The Balaban J connectivity index is 2.54. The molecule has 0 saturated heterocycles. The van der Waals surface area contributed by atoms with Crippen LogP contribution in [0.2, 0.25) is 0 Å². The predicted molar refractivity (Wildman–Crippen MR) is 99.2 cm³/mol. The van der Waals surface area contributed by atoms with Crippen molar-refractivity contribution in [3.8, 4) is 0 Å². The topological polar surface area (TPSA) is 72.3 Å². The summed E-state index contributed by atoms with van der Waals surface area (Å²) in [7, 11) is -3.53. The van der Waals surface area contributed by atoms with E-state index in [1.165, 1.54) is 0 Å². The van der Waals surface area contributed by atoms with E-state index in [-0.39, 0.29) is 35.4 Å². The molecule has 138 valence electrons. The molecule has 0 aliphatic carbocycles. The van der Waals surface area contributed by atoms with Crippen molar-refractivity contribution in [1.82, 2.24) is 14.5 Å². The Morgan fingerprint density at radius 3 is 2.32 bits per heavy atom. The maximum absolute atomic E-state index is 12.9. The highest BCUT2D eigenvalue weighted by Crippen LogP contribution is 2.21. The average Bonchev–Trinajstić information content (AvgIpc) is 2.86. The fourth-order valence-electron chi connectivity index (χ4n) is 3.19. The number of hydrogen-bond donors (Lipinski definition) is 0. The molecule has 2 rings (SSSR count). The third-order valence-corrected chi connectivity index (χ3v) is 5.88. The molecule has 1 heterocycles. The van der Waals surface area contributed by atoms with Gasteiger partial charge in [0.1, 0.15) is 6.54 Å². The number of carbonyl (C=O) groups is 1. The highest BCUT2D eigenvalue weighted by Gasteiger charge is 2.27. The van der Waals surface area contributed by atoms with Crippen LogP contribution >= 0.6 is 0 Å². The zero-order valence-corrected chi connectivity index (χ0v) is 16.4. The van der Waals surface area contributed by atoms with Crippen molar-refractivity contribution < 1.29 is 13.2 Å². The standard InChI is InChI=1S/C18H27N3O3S/c1-6-11-25(23,24)18-19-15-9-7-8-10-16(15)20(18)12-17(22)21(13(2)3)14(4)5/h7-10,13-14H,6,11-12H2,1-5H3. The number of sulfone groups is 1. The zero-order chi connectivity index (χ0) is 18.8. The molecule has 0 fully saturated rings. The Bertz CT molecular complexity index is 846. The molecule has 0 spiro atoms. The lowest BCUT2D eigenvalue weighted by atomic mass is 10.2. The van der Waals surface area contributed by atoms with Gasteiger partial charge in [-0.15, -0.1) is 0 Å². The minimum absolute atomic E-state index is 0.0165. The van der Waals surface area contributed by atoms with Crippen molar-refractivity contribution in [2.45, 2.75) is 64.8 Å². The molecule has 0 N–H and O–H groups in total. The highest BCUT2D eigenvalue weighted by molar-refractivity contribution is 7.91. The van der Waals surface area contributed by atoms with E-state index >= 15 is 0 Å². The second-order valence-corrected chi connectivity index (χ2v) is 8.78. The van der Waals surface area contributed by atoms with Gasteiger partial charge < -0.3 is 9.47 Å². The van der Waals surface area contributed by atoms with Crippen LogP contribution in [0, 0.1) is 0 Å². The van der Waals surface area contributed by atoms with Gasteiger partial charge in [0.2, 0.25) is 20.9 Å². The van der Waals surface area contributed by atoms with Gasteiger partial charge in [-0.3, -0.25) is 4.79 Å². The van der Waals surface area contributed by atoms with E-state index in [0.717, 1.165) is 0 Å². The van der Waals surface area contributed by atoms with E-state index in [1.54, 1.807) is 21.6 Å². The van der Waals surface area contributed by atoms with E-state index < -0.39 is 9.84 Å². The van der Waals surface area contributed by atoms with Crippen LogP contribution in [0.3, 0.4) is 0 Å². The summed E-state index contributed by atoms with van der Waals surface area (Å²) in [5, 5.41) is -0.0173. The molecule has 7 heteroatoms. The summed E-state index contributed by atoms with van der Waals surface area (Å²) < 4.78 is 26.8. The lowest BCUT2D eigenvalue weighted by Crippen LogP contribution is -2.44. The molecule has 2 aromatic rings. The fraction of sp³-hybridized carbons (Fsp3) is 0.556. The molecule has 0 aliphatic rings. The maximum Gasteiger partial charge on any atom is 0.243 e. The van der Waals surface area contributed by atoms with Gasteiger partial charge in [0.25, 0.3) is 0 Å². The van der Waals surface area contributed by atoms with Gasteiger partial charge in [-0.2, -0.15) is 0 Å². The summed E-state index contributed by atoms with van der Waals surface area (Å²) in [4.78, 5) is 18.9. The summed E-state index contributed by atoms with van der Waals surface area (Å²) >= 11 is 0. The van der Waals surface area contributed by atoms with Crippen molar-refractivity contribution >= 4 is 26.8 Å². The molecule has 0 unspecified atom stereocenters. The summed E-state index contributed by atoms with van der Waals surface area (Å²) in [6.07, 6.45) is 0.504. The summed E-state index contributed by atoms with van der Waals surface area (Å²) in [6.45, 7) is 9.61. The second-order valence-electron chi connectivity index (χ2n) is 6.78. The summed E-state index contributed by atoms with van der Waals surface area (Å²) in [5.74, 6) is -0.0936. The molecule has 6 nitrogen and oxygen atoms in total. The number of rotatable bonds is 7. The molecule has 0 radical (unpaired) electrons. The third-order valence-electron chi connectivity index (χ3n) is 4.06. The Labute approximate surface area is 149 Å². The van der Waals surface area contributed by atoms with Crippen LogP contribution in [-0.2, 0) is 21.2 Å². The van der Waals surface area contributed by atoms with Gasteiger partial charge in [0, 0.05) is 12.1 Å². The maximum atomic E-state index is 12.9.